The van der Waals surface area contributed by atoms with E-state index in [1.165, 1.54) is 6.08 Å². The van der Waals surface area contributed by atoms with Crippen LogP contribution in [0.1, 0.15) is 33.1 Å². The minimum absolute atomic E-state index is 0.108. The van der Waals surface area contributed by atoms with Gasteiger partial charge in [0.1, 0.15) is 5.56 Å². The maximum atomic E-state index is 13.5. The van der Waals surface area contributed by atoms with Crippen LogP contribution < -0.4 is 0 Å². The molecule has 0 atom stereocenters. The molecule has 2 aliphatic heterocycles. The van der Waals surface area contributed by atoms with Crippen LogP contribution in [-0.4, -0.2) is 38.7 Å². The third kappa shape index (κ3) is 3.92. The van der Waals surface area contributed by atoms with E-state index in [-0.39, 0.29) is 16.8 Å². The molecule has 0 spiro atoms. The molecule has 3 aromatic rings. The van der Waals surface area contributed by atoms with Gasteiger partial charge in [0.25, 0.3) is 0 Å². The second-order valence-electron chi connectivity index (χ2n) is 7.21. The molecule has 0 saturated heterocycles. The van der Waals surface area contributed by atoms with Crippen molar-refractivity contribution in [2.24, 2.45) is 0 Å². The maximum absolute atomic E-state index is 13.5. The molecule has 5 rings (SSSR count). The Morgan fingerprint density at radius 2 is 1.47 bits per heavy atom. The first-order valence-electron chi connectivity index (χ1n) is 9.63. The topological polar surface area (TPSA) is 83.7 Å². The Kier molecular flexibility index (Phi) is 4.66. The van der Waals surface area contributed by atoms with Crippen LogP contribution >= 0.6 is 0 Å². The van der Waals surface area contributed by atoms with Gasteiger partial charge in [0.05, 0.1) is 28.3 Å². The number of aromatic amines is 2. The van der Waals surface area contributed by atoms with E-state index >= 15 is 0 Å². The van der Waals surface area contributed by atoms with E-state index in [4.69, 9.17) is 0 Å². The van der Waals surface area contributed by atoms with Gasteiger partial charge in [-0.1, -0.05) is 0 Å². The molecule has 0 fully saturated rings. The summed E-state index contributed by atoms with van der Waals surface area (Å²) in [4.78, 5) is 27.7. The van der Waals surface area contributed by atoms with Gasteiger partial charge in [-0.3, -0.25) is 0 Å². The predicted octanol–water partition coefficient (Wildman–Crippen LogP) is 5.37. The zero-order chi connectivity index (χ0) is 22.3. The van der Waals surface area contributed by atoms with Gasteiger partial charge in [0.15, 0.2) is 6.67 Å². The molecule has 160 valence electrons. The summed E-state index contributed by atoms with van der Waals surface area (Å²) in [6.07, 6.45) is 2.55. The van der Waals surface area contributed by atoms with E-state index in [1.54, 1.807) is 30.3 Å². The number of carbonyl (C=O) groups excluding carboxylic acids is 1. The smallest absolute Gasteiger partial charge is 0.395 e. The standard InChI is InChI=1S/C23H15F3N4O2/c24-12-23(25,26)32-22(31)21-19-7-5-17(29-19)10-15-3-1-13(27-15)9-14-2-4-16(28-14)11-18-6-8-20(21)30-18/h1-11,27,29H,12H2. The fraction of sp³-hybridized carbons (Fsp3) is 0.0870. The monoisotopic (exact) mass is 436 g/mol. The molecule has 0 amide bonds. The number of hydrogen-bond acceptors (Lipinski definition) is 4. The number of esters is 1. The van der Waals surface area contributed by atoms with Crippen LogP contribution in [0.15, 0.2) is 42.5 Å². The molecular weight excluding hydrogens is 421 g/mol. The van der Waals surface area contributed by atoms with Crippen molar-refractivity contribution < 1.29 is 22.7 Å². The highest BCUT2D eigenvalue weighted by atomic mass is 19.3. The Hall–Kier alpha value is -4.14. The van der Waals surface area contributed by atoms with Crippen molar-refractivity contribution in [3.63, 3.8) is 0 Å². The second kappa shape index (κ2) is 7.52. The molecule has 3 aromatic heterocycles. The van der Waals surface area contributed by atoms with Crippen LogP contribution in [0.25, 0.3) is 46.4 Å². The molecule has 6 nitrogen and oxygen atoms in total. The highest BCUT2D eigenvalue weighted by molar-refractivity contribution is 6.01. The van der Waals surface area contributed by atoms with Crippen molar-refractivity contribution in [2.45, 2.75) is 6.11 Å². The number of ether oxygens (including phenoxy) is 1. The zero-order valence-corrected chi connectivity index (χ0v) is 16.4. The van der Waals surface area contributed by atoms with E-state index in [0.29, 0.717) is 16.9 Å². The first kappa shape index (κ1) is 19.8. The first-order valence-corrected chi connectivity index (χ1v) is 9.63. The number of H-pyrrole nitrogens is 2. The summed E-state index contributed by atoms with van der Waals surface area (Å²) in [5.74, 6) is -1.39. The van der Waals surface area contributed by atoms with Gasteiger partial charge >= 0.3 is 12.1 Å². The largest absolute Gasteiger partial charge is 0.429 e. The number of alkyl halides is 3. The normalized spacial score (nSPS) is 12.8. The molecule has 0 aliphatic carbocycles. The highest BCUT2D eigenvalue weighted by Crippen LogP contribution is 2.25. The number of nitrogens with one attached hydrogen (secondary N) is 2. The van der Waals surface area contributed by atoms with E-state index in [0.717, 1.165) is 16.7 Å². The van der Waals surface area contributed by atoms with E-state index in [1.807, 2.05) is 30.4 Å². The molecule has 0 radical (unpaired) electrons. The van der Waals surface area contributed by atoms with Crippen molar-refractivity contribution >= 4 is 52.3 Å². The lowest BCUT2D eigenvalue weighted by Gasteiger charge is -2.13. The third-order valence-corrected chi connectivity index (χ3v) is 4.82. The van der Waals surface area contributed by atoms with E-state index < -0.39 is 18.8 Å². The summed E-state index contributed by atoms with van der Waals surface area (Å²) >= 11 is 0. The molecule has 2 aliphatic rings. The van der Waals surface area contributed by atoms with Gasteiger partial charge in [0.2, 0.25) is 0 Å². The molecule has 0 aromatic carbocycles. The minimum atomic E-state index is -4.24. The Balaban J connectivity index is 1.79. The molecule has 8 bridgehead atoms. The average Bonchev–Trinajstić information content (AvgIpc) is 3.53. The van der Waals surface area contributed by atoms with Crippen molar-refractivity contribution in [3.05, 3.63) is 70.8 Å². The molecule has 9 heteroatoms. The summed E-state index contributed by atoms with van der Waals surface area (Å²) in [5, 5.41) is 0. The summed E-state index contributed by atoms with van der Waals surface area (Å²) < 4.78 is 43.6. The molecule has 0 saturated carbocycles. The average molecular weight is 436 g/mol. The molecular formula is C23H15F3N4O2. The fourth-order valence-electron chi connectivity index (χ4n) is 3.44. The lowest BCUT2D eigenvalue weighted by Crippen LogP contribution is -2.27. The first-order chi connectivity index (χ1) is 15.4. The Morgan fingerprint density at radius 1 is 0.844 bits per heavy atom. The van der Waals surface area contributed by atoms with E-state index in [9.17, 15) is 18.0 Å². The zero-order valence-electron chi connectivity index (χ0n) is 16.4. The van der Waals surface area contributed by atoms with Gasteiger partial charge in [-0.05, 0) is 66.8 Å². The second-order valence-corrected chi connectivity index (χ2v) is 7.21. The number of halogens is 3. The number of nitrogens with zero attached hydrogens (tertiary/aromatic N) is 2. The lowest BCUT2D eigenvalue weighted by atomic mass is 10.2. The highest BCUT2D eigenvalue weighted by Gasteiger charge is 2.35. The number of rotatable bonds is 3. The fourth-order valence-corrected chi connectivity index (χ4v) is 3.44. The quantitative estimate of drug-likeness (QED) is 0.372. The van der Waals surface area contributed by atoms with Gasteiger partial charge in [0, 0.05) is 16.6 Å². The minimum Gasteiger partial charge on any atom is -0.395 e. The molecule has 2 N–H and O–H groups in total. The Morgan fingerprint density at radius 3 is 2.25 bits per heavy atom. The number of fused-ring (bicyclic) bond motifs is 8. The van der Waals surface area contributed by atoms with Crippen molar-refractivity contribution in [1.82, 2.24) is 19.9 Å². The van der Waals surface area contributed by atoms with Gasteiger partial charge < -0.3 is 14.7 Å². The van der Waals surface area contributed by atoms with Crippen molar-refractivity contribution in [2.75, 3.05) is 6.67 Å². The summed E-state index contributed by atoms with van der Waals surface area (Å²) in [7, 11) is 0. The van der Waals surface area contributed by atoms with Crippen LogP contribution in [0.3, 0.4) is 0 Å². The Bertz CT molecular complexity index is 1450. The van der Waals surface area contributed by atoms with Crippen molar-refractivity contribution in [3.8, 4) is 0 Å². The van der Waals surface area contributed by atoms with Crippen LogP contribution in [0.2, 0.25) is 0 Å². The SMILES string of the molecule is O=C(OC(F)(F)CF)c1c2nc(cc3nc(cc4ccc(cc5ccc1[nH]5)[nH]4)C=C3)C=C2. The number of carbonyl (C=O) groups is 1. The van der Waals surface area contributed by atoms with Crippen LogP contribution in [0.5, 0.6) is 0 Å². The van der Waals surface area contributed by atoms with Crippen molar-refractivity contribution in [1.29, 1.82) is 0 Å². The molecule has 0 unspecified atom stereocenters. The van der Waals surface area contributed by atoms with Gasteiger partial charge in [-0.25, -0.2) is 19.2 Å². The van der Waals surface area contributed by atoms with Crippen LogP contribution in [-0.2, 0) is 4.74 Å². The summed E-state index contributed by atoms with van der Waals surface area (Å²) in [6, 6.07) is 12.4. The van der Waals surface area contributed by atoms with Crippen LogP contribution in [0, 0.1) is 0 Å². The lowest BCUT2D eigenvalue weighted by molar-refractivity contribution is -0.209. The van der Waals surface area contributed by atoms with Crippen LogP contribution in [0.4, 0.5) is 13.2 Å². The maximum Gasteiger partial charge on any atom is 0.429 e. The number of hydrogen-bond donors (Lipinski definition) is 2. The third-order valence-electron chi connectivity index (χ3n) is 4.82. The van der Waals surface area contributed by atoms with E-state index in [2.05, 4.69) is 24.7 Å². The summed E-state index contributed by atoms with van der Waals surface area (Å²) in [6.45, 7) is -2.12. The van der Waals surface area contributed by atoms with Gasteiger partial charge in [-0.2, -0.15) is 8.78 Å². The summed E-state index contributed by atoms with van der Waals surface area (Å²) in [5.41, 5.74) is 4.17. The Labute approximate surface area is 179 Å². The molecule has 32 heavy (non-hydrogen) atoms. The van der Waals surface area contributed by atoms with Gasteiger partial charge in [-0.15, -0.1) is 0 Å². The number of aromatic nitrogens is 4. The molecule has 5 heterocycles. The predicted molar refractivity (Wildman–Crippen MR) is 115 cm³/mol.